The van der Waals surface area contributed by atoms with Crippen LogP contribution in [0.4, 0.5) is 10.2 Å². The molecular weight excluding hydrogens is 279 g/mol. The maximum absolute atomic E-state index is 12.9. The lowest BCUT2D eigenvalue weighted by atomic mass is 9.95. The van der Waals surface area contributed by atoms with Gasteiger partial charge in [-0.25, -0.2) is 9.37 Å². The summed E-state index contributed by atoms with van der Waals surface area (Å²) in [5, 5.41) is 3.21. The molecule has 1 unspecified atom stereocenters. The molecule has 1 aromatic carbocycles. The number of benzene rings is 1. The van der Waals surface area contributed by atoms with Crippen LogP contribution in [0.15, 0.2) is 36.7 Å². The predicted molar refractivity (Wildman–Crippen MR) is 85.2 cm³/mol. The molecule has 1 saturated heterocycles. The Kier molecular flexibility index (Phi) is 4.63. The van der Waals surface area contributed by atoms with Gasteiger partial charge in [0.2, 0.25) is 0 Å². The van der Waals surface area contributed by atoms with Crippen LogP contribution in [0, 0.1) is 5.82 Å². The second-order valence-corrected chi connectivity index (χ2v) is 5.91. The second-order valence-electron chi connectivity index (χ2n) is 5.91. The Bertz CT molecular complexity index is 597. The average Bonchev–Trinajstić information content (AvgIpc) is 2.55. The highest BCUT2D eigenvalue weighted by molar-refractivity contribution is 5.33. The molecule has 0 radical (unpaired) electrons. The highest BCUT2D eigenvalue weighted by atomic mass is 19.1. The molecule has 0 amide bonds. The van der Waals surface area contributed by atoms with E-state index < -0.39 is 0 Å². The molecule has 0 bridgehead atoms. The van der Waals surface area contributed by atoms with Crippen molar-refractivity contribution in [1.82, 2.24) is 14.9 Å². The monoisotopic (exact) mass is 300 g/mol. The Morgan fingerprint density at radius 3 is 2.73 bits per heavy atom. The summed E-state index contributed by atoms with van der Waals surface area (Å²) in [5.41, 5.74) is 2.08. The van der Waals surface area contributed by atoms with E-state index in [1.807, 2.05) is 6.20 Å². The summed E-state index contributed by atoms with van der Waals surface area (Å²) in [6.45, 7) is 2.83. The average molecular weight is 300 g/mol. The highest BCUT2D eigenvalue weighted by Crippen LogP contribution is 2.24. The van der Waals surface area contributed by atoms with Gasteiger partial charge in [-0.1, -0.05) is 12.1 Å². The molecule has 0 spiro atoms. The third kappa shape index (κ3) is 3.80. The summed E-state index contributed by atoms with van der Waals surface area (Å²) in [5.74, 6) is 1.01. The first kappa shape index (κ1) is 14.9. The minimum Gasteiger partial charge on any atom is -0.365 e. The number of likely N-dealkylation sites (N-methyl/N-ethyl adjacent to an activating group) is 1. The predicted octanol–water partition coefficient (Wildman–Crippen LogP) is 3.04. The number of halogens is 1. The number of aromatic nitrogens is 2. The van der Waals surface area contributed by atoms with Gasteiger partial charge in [0.25, 0.3) is 0 Å². The second kappa shape index (κ2) is 6.83. The third-order valence-electron chi connectivity index (χ3n) is 4.10. The lowest BCUT2D eigenvalue weighted by molar-refractivity contribution is 0.248. The summed E-state index contributed by atoms with van der Waals surface area (Å²) in [4.78, 5) is 11.3. The van der Waals surface area contributed by atoms with Gasteiger partial charge in [0.15, 0.2) is 0 Å². The van der Waals surface area contributed by atoms with Crippen molar-refractivity contribution in [3.8, 4) is 0 Å². The first-order chi connectivity index (χ1) is 10.7. The Morgan fingerprint density at radius 1 is 1.23 bits per heavy atom. The van der Waals surface area contributed by atoms with Crippen LogP contribution in [0.2, 0.25) is 0 Å². The molecule has 1 fully saturated rings. The van der Waals surface area contributed by atoms with E-state index in [0.29, 0.717) is 12.5 Å². The van der Waals surface area contributed by atoms with Crippen molar-refractivity contribution in [2.75, 3.05) is 25.5 Å². The number of likely N-dealkylation sites (tertiary alicyclic amines) is 1. The van der Waals surface area contributed by atoms with E-state index >= 15 is 0 Å². The van der Waals surface area contributed by atoms with Crippen LogP contribution in [-0.2, 0) is 6.54 Å². The topological polar surface area (TPSA) is 41.1 Å². The summed E-state index contributed by atoms with van der Waals surface area (Å²) in [7, 11) is 2.15. The fourth-order valence-electron chi connectivity index (χ4n) is 2.84. The minimum absolute atomic E-state index is 0.217. The van der Waals surface area contributed by atoms with E-state index in [0.717, 1.165) is 23.6 Å². The van der Waals surface area contributed by atoms with Crippen molar-refractivity contribution in [2.45, 2.75) is 25.3 Å². The molecule has 4 nitrogen and oxygen atoms in total. The fraction of sp³-hybridized carbons (Fsp3) is 0.412. The van der Waals surface area contributed by atoms with Crippen molar-refractivity contribution < 1.29 is 4.39 Å². The van der Waals surface area contributed by atoms with Crippen molar-refractivity contribution in [3.63, 3.8) is 0 Å². The maximum Gasteiger partial charge on any atom is 0.144 e. The van der Waals surface area contributed by atoms with E-state index in [1.165, 1.54) is 31.5 Å². The van der Waals surface area contributed by atoms with Crippen LogP contribution in [0.25, 0.3) is 0 Å². The molecule has 2 aromatic rings. The lowest BCUT2D eigenvalue weighted by Gasteiger charge is -2.29. The molecule has 1 aliphatic rings. The van der Waals surface area contributed by atoms with Crippen molar-refractivity contribution in [3.05, 3.63) is 53.7 Å². The number of rotatable bonds is 4. The van der Waals surface area contributed by atoms with Gasteiger partial charge in [-0.2, -0.15) is 0 Å². The molecule has 22 heavy (non-hydrogen) atoms. The van der Waals surface area contributed by atoms with Crippen molar-refractivity contribution in [2.24, 2.45) is 0 Å². The van der Waals surface area contributed by atoms with E-state index in [9.17, 15) is 4.39 Å². The smallest absolute Gasteiger partial charge is 0.144 e. The Hall–Kier alpha value is -2.01. The van der Waals surface area contributed by atoms with Gasteiger partial charge >= 0.3 is 0 Å². The Balaban J connectivity index is 1.58. The molecule has 116 valence electrons. The molecule has 0 saturated carbocycles. The van der Waals surface area contributed by atoms with Gasteiger partial charge in [0.1, 0.15) is 11.6 Å². The number of hydrogen-bond donors (Lipinski definition) is 1. The van der Waals surface area contributed by atoms with Crippen LogP contribution in [0.1, 0.15) is 30.0 Å². The number of hydrogen-bond acceptors (Lipinski definition) is 4. The summed E-state index contributed by atoms with van der Waals surface area (Å²) < 4.78 is 12.9. The number of piperidine rings is 1. The highest BCUT2D eigenvalue weighted by Gasteiger charge is 2.20. The van der Waals surface area contributed by atoms with Crippen LogP contribution in [-0.4, -0.2) is 35.0 Å². The fourth-order valence-corrected chi connectivity index (χ4v) is 2.84. The van der Waals surface area contributed by atoms with Gasteiger partial charge in [0, 0.05) is 19.0 Å². The molecule has 1 aromatic heterocycles. The third-order valence-corrected chi connectivity index (χ3v) is 4.10. The molecule has 3 rings (SSSR count). The summed E-state index contributed by atoms with van der Waals surface area (Å²) >= 11 is 0. The largest absolute Gasteiger partial charge is 0.365 e. The SMILES string of the molecule is CN1CCCC(c2cnc(NCc3ccc(F)cc3)cn2)C1. The van der Waals surface area contributed by atoms with Gasteiger partial charge in [-0.15, -0.1) is 0 Å². The van der Waals surface area contributed by atoms with Crippen LogP contribution in [0.3, 0.4) is 0 Å². The van der Waals surface area contributed by atoms with Gasteiger partial charge in [0.05, 0.1) is 18.1 Å². The van der Waals surface area contributed by atoms with Gasteiger partial charge < -0.3 is 10.2 Å². The van der Waals surface area contributed by atoms with Crippen LogP contribution >= 0.6 is 0 Å². The molecule has 1 N–H and O–H groups in total. The zero-order valence-corrected chi connectivity index (χ0v) is 12.8. The first-order valence-corrected chi connectivity index (χ1v) is 7.69. The minimum atomic E-state index is -0.217. The maximum atomic E-state index is 12.9. The summed E-state index contributed by atoms with van der Waals surface area (Å²) in [6.07, 6.45) is 6.05. The molecule has 1 atom stereocenters. The zero-order chi connectivity index (χ0) is 15.4. The van der Waals surface area contributed by atoms with Crippen LogP contribution in [0.5, 0.6) is 0 Å². The zero-order valence-electron chi connectivity index (χ0n) is 12.8. The first-order valence-electron chi connectivity index (χ1n) is 7.69. The Labute approximate surface area is 130 Å². The standard InChI is InChI=1S/C17H21FN4/c1-22-8-2-3-14(12-22)16-10-21-17(11-19-16)20-9-13-4-6-15(18)7-5-13/h4-7,10-11,14H,2-3,8-9,12H2,1H3,(H,20,21). The van der Waals surface area contributed by atoms with Gasteiger partial charge in [-0.3, -0.25) is 4.98 Å². The van der Waals surface area contributed by atoms with E-state index in [2.05, 4.69) is 27.2 Å². The quantitative estimate of drug-likeness (QED) is 0.942. The molecule has 5 heteroatoms. The van der Waals surface area contributed by atoms with Crippen LogP contribution < -0.4 is 5.32 Å². The van der Waals surface area contributed by atoms with E-state index in [1.54, 1.807) is 18.3 Å². The number of nitrogens with zero attached hydrogens (tertiary/aromatic N) is 3. The molecule has 1 aliphatic heterocycles. The lowest BCUT2D eigenvalue weighted by Crippen LogP contribution is -2.31. The van der Waals surface area contributed by atoms with Crippen molar-refractivity contribution >= 4 is 5.82 Å². The number of nitrogens with one attached hydrogen (secondary N) is 1. The van der Waals surface area contributed by atoms with E-state index in [-0.39, 0.29) is 5.82 Å². The molecule has 2 heterocycles. The normalized spacial score (nSPS) is 19.1. The Morgan fingerprint density at radius 2 is 2.05 bits per heavy atom. The summed E-state index contributed by atoms with van der Waals surface area (Å²) in [6, 6.07) is 6.46. The van der Waals surface area contributed by atoms with E-state index in [4.69, 9.17) is 0 Å². The number of anilines is 1. The van der Waals surface area contributed by atoms with Gasteiger partial charge in [-0.05, 0) is 44.1 Å². The molecular formula is C17H21FN4. The molecule has 0 aliphatic carbocycles. The van der Waals surface area contributed by atoms with Crippen molar-refractivity contribution in [1.29, 1.82) is 0 Å².